The summed E-state index contributed by atoms with van der Waals surface area (Å²) in [5.41, 5.74) is 2.76. The molecule has 3 nitrogen and oxygen atoms in total. The van der Waals surface area contributed by atoms with Gasteiger partial charge in [0.05, 0.1) is 16.6 Å². The Morgan fingerprint density at radius 1 is 0.382 bits per heavy atom. The van der Waals surface area contributed by atoms with Gasteiger partial charge in [0.25, 0.3) is 0 Å². The van der Waals surface area contributed by atoms with E-state index in [2.05, 4.69) is 15.0 Å². The Bertz CT molecular complexity index is 1330. The SMILES string of the molecule is [Rh+3].[S-]c1cccc2cccnc12.[S-]c1cccc2cccnc12.[S-]c1cccc2cccnc12. The van der Waals surface area contributed by atoms with Crippen molar-refractivity contribution in [1.29, 1.82) is 0 Å². The van der Waals surface area contributed by atoms with Gasteiger partial charge in [0.15, 0.2) is 0 Å². The van der Waals surface area contributed by atoms with E-state index >= 15 is 0 Å². The van der Waals surface area contributed by atoms with Gasteiger partial charge in [-0.15, -0.1) is 14.7 Å². The number of hydrogen-bond acceptors (Lipinski definition) is 6. The molecule has 7 heteroatoms. The maximum atomic E-state index is 5.09. The molecule has 3 aromatic carbocycles. The molecule has 0 unspecified atom stereocenters. The van der Waals surface area contributed by atoms with E-state index in [9.17, 15) is 0 Å². The van der Waals surface area contributed by atoms with Crippen molar-refractivity contribution in [3.63, 3.8) is 0 Å². The largest absolute Gasteiger partial charge is 3.00 e. The van der Waals surface area contributed by atoms with Gasteiger partial charge in [0, 0.05) is 18.6 Å². The van der Waals surface area contributed by atoms with Crippen LogP contribution in [0, 0.1) is 0 Å². The minimum absolute atomic E-state index is 0. The summed E-state index contributed by atoms with van der Waals surface area (Å²) in [6.07, 6.45) is 5.29. The monoisotopic (exact) mass is 583 g/mol. The first-order valence-electron chi connectivity index (χ1n) is 10.2. The Morgan fingerprint density at radius 3 is 0.912 bits per heavy atom. The summed E-state index contributed by atoms with van der Waals surface area (Å²) < 4.78 is 0. The van der Waals surface area contributed by atoms with Crippen LogP contribution >= 0.6 is 0 Å². The third-order valence-corrected chi connectivity index (χ3v) is 5.78. The molecule has 0 aliphatic carbocycles. The molecule has 34 heavy (non-hydrogen) atoms. The Hall–Kier alpha value is -2.83. The van der Waals surface area contributed by atoms with Gasteiger partial charge in [-0.25, -0.2) is 0 Å². The first kappa shape index (κ1) is 25.8. The van der Waals surface area contributed by atoms with Crippen LogP contribution in [0.4, 0.5) is 0 Å². The van der Waals surface area contributed by atoms with Gasteiger partial charge in [0.2, 0.25) is 0 Å². The zero-order valence-electron chi connectivity index (χ0n) is 17.8. The Balaban J connectivity index is 0.000000141. The summed E-state index contributed by atoms with van der Waals surface area (Å²) in [7, 11) is 0. The van der Waals surface area contributed by atoms with Crippen molar-refractivity contribution in [3.8, 4) is 0 Å². The second-order valence-corrected chi connectivity index (χ2v) is 8.31. The maximum absolute atomic E-state index is 5.09. The number of para-hydroxylation sites is 3. The smallest absolute Gasteiger partial charge is 0.778 e. The molecular formula is C27H18N3RhS3. The van der Waals surface area contributed by atoms with Gasteiger partial charge in [0.1, 0.15) is 0 Å². The molecule has 0 atom stereocenters. The molecule has 168 valence electrons. The van der Waals surface area contributed by atoms with Crippen LogP contribution in [0.1, 0.15) is 0 Å². The van der Waals surface area contributed by atoms with E-state index in [1.807, 2.05) is 91.0 Å². The minimum atomic E-state index is 0. The molecule has 0 spiro atoms. The van der Waals surface area contributed by atoms with Crippen LogP contribution in [0.25, 0.3) is 32.7 Å². The van der Waals surface area contributed by atoms with Gasteiger partial charge in [-0.2, -0.15) is 0 Å². The Kier molecular flexibility index (Phi) is 9.55. The van der Waals surface area contributed by atoms with Crippen LogP contribution in [0.5, 0.6) is 0 Å². The number of aromatic nitrogens is 3. The normalized spacial score (nSPS) is 9.88. The zero-order chi connectivity index (χ0) is 23.0. The number of fused-ring (bicyclic) bond motifs is 3. The molecule has 0 aliphatic rings. The van der Waals surface area contributed by atoms with E-state index in [1.165, 1.54) is 0 Å². The first-order chi connectivity index (χ1) is 16.1. The van der Waals surface area contributed by atoms with Crippen LogP contribution in [0.2, 0.25) is 0 Å². The topological polar surface area (TPSA) is 38.7 Å². The quantitative estimate of drug-likeness (QED) is 0.152. The molecule has 0 saturated heterocycles. The van der Waals surface area contributed by atoms with Gasteiger partial charge in [-0.1, -0.05) is 72.8 Å². The fraction of sp³-hybridized carbons (Fsp3) is 0. The van der Waals surface area contributed by atoms with Crippen LogP contribution < -0.4 is 0 Å². The average Bonchev–Trinajstić information content (AvgIpc) is 2.86. The van der Waals surface area contributed by atoms with E-state index in [-0.39, 0.29) is 19.5 Å². The molecule has 6 rings (SSSR count). The van der Waals surface area contributed by atoms with Gasteiger partial charge < -0.3 is 37.9 Å². The molecule has 0 bridgehead atoms. The number of pyridine rings is 3. The summed E-state index contributed by atoms with van der Waals surface area (Å²) in [5, 5.41) is 3.33. The van der Waals surface area contributed by atoms with Crippen molar-refractivity contribution < 1.29 is 19.5 Å². The fourth-order valence-corrected chi connectivity index (χ4v) is 3.98. The second-order valence-electron chi connectivity index (χ2n) is 6.99. The van der Waals surface area contributed by atoms with E-state index in [0.717, 1.165) is 47.4 Å². The third-order valence-electron chi connectivity index (χ3n) is 4.79. The van der Waals surface area contributed by atoms with Crippen LogP contribution in [-0.4, -0.2) is 15.0 Å². The molecule has 0 N–H and O–H groups in total. The number of rotatable bonds is 0. The predicted molar refractivity (Wildman–Crippen MR) is 142 cm³/mol. The van der Waals surface area contributed by atoms with Crippen LogP contribution in [0.3, 0.4) is 0 Å². The van der Waals surface area contributed by atoms with E-state index in [0.29, 0.717) is 0 Å². The fourth-order valence-electron chi connectivity index (χ4n) is 3.23. The van der Waals surface area contributed by atoms with Crippen molar-refractivity contribution in [2.24, 2.45) is 0 Å². The zero-order valence-corrected chi connectivity index (χ0v) is 21.9. The number of hydrogen-bond donors (Lipinski definition) is 0. The first-order valence-corrected chi connectivity index (χ1v) is 11.4. The Labute approximate surface area is 228 Å². The summed E-state index contributed by atoms with van der Waals surface area (Å²) >= 11 is 15.3. The molecule has 0 radical (unpaired) electrons. The maximum Gasteiger partial charge on any atom is 3.00 e. The molecule has 3 aromatic heterocycles. The molecular weight excluding hydrogens is 565 g/mol. The van der Waals surface area contributed by atoms with Crippen molar-refractivity contribution in [2.75, 3.05) is 0 Å². The van der Waals surface area contributed by atoms with E-state index in [4.69, 9.17) is 37.9 Å². The van der Waals surface area contributed by atoms with Crippen LogP contribution in [-0.2, 0) is 57.4 Å². The number of benzene rings is 3. The van der Waals surface area contributed by atoms with E-state index in [1.54, 1.807) is 18.6 Å². The molecule has 0 amide bonds. The van der Waals surface area contributed by atoms with Crippen molar-refractivity contribution >= 4 is 70.6 Å². The summed E-state index contributed by atoms with van der Waals surface area (Å²) in [6.45, 7) is 0. The predicted octanol–water partition coefficient (Wildman–Crippen LogP) is 6.42. The summed E-state index contributed by atoms with van der Waals surface area (Å²) in [6, 6.07) is 29.3. The molecule has 3 heterocycles. The third kappa shape index (κ3) is 6.40. The standard InChI is InChI=1S/3C9H7NS.Rh/c3*11-8-5-1-3-7-4-2-6-10-9(7)8;/h3*1-6,11H;/q;;;+3/p-3. The molecule has 6 aromatic rings. The minimum Gasteiger partial charge on any atom is -0.778 e. The number of nitrogens with zero attached hydrogens (tertiary/aromatic N) is 3. The Morgan fingerprint density at radius 2 is 0.647 bits per heavy atom. The summed E-state index contributed by atoms with van der Waals surface area (Å²) in [5.74, 6) is 0. The van der Waals surface area contributed by atoms with E-state index < -0.39 is 0 Å². The average molecular weight is 584 g/mol. The van der Waals surface area contributed by atoms with Crippen LogP contribution in [0.15, 0.2) is 124 Å². The molecule has 0 fully saturated rings. The van der Waals surface area contributed by atoms with Gasteiger partial charge in [-0.3, -0.25) is 15.0 Å². The van der Waals surface area contributed by atoms with Gasteiger partial charge >= 0.3 is 19.5 Å². The molecule has 0 saturated carbocycles. The van der Waals surface area contributed by atoms with Crippen molar-refractivity contribution in [2.45, 2.75) is 14.7 Å². The van der Waals surface area contributed by atoms with Crippen molar-refractivity contribution in [1.82, 2.24) is 15.0 Å². The summed E-state index contributed by atoms with van der Waals surface area (Å²) in [4.78, 5) is 15.0. The second kappa shape index (κ2) is 12.6. The van der Waals surface area contributed by atoms with Crippen molar-refractivity contribution in [3.05, 3.63) is 110 Å². The molecule has 0 aliphatic heterocycles. The van der Waals surface area contributed by atoms with Gasteiger partial charge in [-0.05, 0) is 34.4 Å².